The van der Waals surface area contributed by atoms with Crippen molar-refractivity contribution in [3.8, 4) is 5.75 Å². The minimum absolute atomic E-state index is 0.276. The Balaban J connectivity index is 2.74. The number of hydrogen-bond acceptors (Lipinski definition) is 4. The Labute approximate surface area is 109 Å². The Morgan fingerprint density at radius 3 is 2.61 bits per heavy atom. The van der Waals surface area contributed by atoms with Gasteiger partial charge in [0.05, 0.1) is 25.4 Å². The summed E-state index contributed by atoms with van der Waals surface area (Å²) in [6, 6.07) is 5.99. The third-order valence-electron chi connectivity index (χ3n) is 2.89. The standard InChI is InChI=1S/C14H24N2O2/c1-5-18-9-13(10(2)3)16-11-6-7-12(15)14(8-11)17-4/h6-8,10,13,16H,5,9,15H2,1-4H3. The molecule has 1 unspecified atom stereocenters. The molecule has 0 aliphatic rings. The van der Waals surface area contributed by atoms with Gasteiger partial charge in [-0.05, 0) is 25.0 Å². The summed E-state index contributed by atoms with van der Waals surface area (Å²) in [7, 11) is 1.62. The van der Waals surface area contributed by atoms with E-state index in [2.05, 4.69) is 19.2 Å². The van der Waals surface area contributed by atoms with Gasteiger partial charge in [-0.1, -0.05) is 13.8 Å². The Kier molecular flexibility index (Phi) is 5.78. The molecule has 102 valence electrons. The number of ether oxygens (including phenoxy) is 2. The molecule has 0 saturated carbocycles. The average molecular weight is 252 g/mol. The lowest BCUT2D eigenvalue weighted by atomic mass is 10.0. The van der Waals surface area contributed by atoms with Crippen LogP contribution >= 0.6 is 0 Å². The van der Waals surface area contributed by atoms with E-state index in [1.807, 2.05) is 25.1 Å². The van der Waals surface area contributed by atoms with Crippen molar-refractivity contribution in [3.05, 3.63) is 18.2 Å². The van der Waals surface area contributed by atoms with Crippen LogP contribution in [0.15, 0.2) is 18.2 Å². The molecule has 0 radical (unpaired) electrons. The molecule has 0 spiro atoms. The van der Waals surface area contributed by atoms with E-state index in [0.717, 1.165) is 12.3 Å². The molecule has 0 aliphatic heterocycles. The lowest BCUT2D eigenvalue weighted by Crippen LogP contribution is -2.30. The molecule has 0 aliphatic carbocycles. The molecule has 0 fully saturated rings. The molecule has 0 bridgehead atoms. The normalized spacial score (nSPS) is 12.5. The predicted octanol–water partition coefficient (Wildman–Crippen LogP) is 2.75. The van der Waals surface area contributed by atoms with Crippen molar-refractivity contribution in [2.75, 3.05) is 31.4 Å². The van der Waals surface area contributed by atoms with E-state index in [-0.39, 0.29) is 6.04 Å². The number of nitrogen functional groups attached to an aromatic ring is 1. The summed E-state index contributed by atoms with van der Waals surface area (Å²) in [5, 5.41) is 3.45. The van der Waals surface area contributed by atoms with E-state index in [9.17, 15) is 0 Å². The second-order valence-electron chi connectivity index (χ2n) is 4.61. The van der Waals surface area contributed by atoms with Crippen molar-refractivity contribution in [1.82, 2.24) is 0 Å². The van der Waals surface area contributed by atoms with Crippen LogP contribution in [0.25, 0.3) is 0 Å². The van der Waals surface area contributed by atoms with E-state index in [4.69, 9.17) is 15.2 Å². The van der Waals surface area contributed by atoms with E-state index in [0.29, 0.717) is 24.0 Å². The molecule has 0 saturated heterocycles. The summed E-state index contributed by atoms with van der Waals surface area (Å²) in [6.07, 6.45) is 0. The van der Waals surface area contributed by atoms with Crippen LogP contribution in [-0.2, 0) is 4.74 Å². The zero-order chi connectivity index (χ0) is 13.5. The summed E-state index contributed by atoms with van der Waals surface area (Å²) in [6.45, 7) is 7.77. The van der Waals surface area contributed by atoms with Crippen molar-refractivity contribution < 1.29 is 9.47 Å². The van der Waals surface area contributed by atoms with Gasteiger partial charge >= 0.3 is 0 Å². The third-order valence-corrected chi connectivity index (χ3v) is 2.89. The molecule has 18 heavy (non-hydrogen) atoms. The summed E-state index contributed by atoms with van der Waals surface area (Å²) >= 11 is 0. The van der Waals surface area contributed by atoms with Gasteiger partial charge in [-0.15, -0.1) is 0 Å². The van der Waals surface area contributed by atoms with Gasteiger partial charge in [-0.2, -0.15) is 0 Å². The Morgan fingerprint density at radius 2 is 2.06 bits per heavy atom. The molecular formula is C14H24N2O2. The molecule has 1 atom stereocenters. The third kappa shape index (κ3) is 4.11. The van der Waals surface area contributed by atoms with Crippen LogP contribution in [0.5, 0.6) is 5.75 Å². The van der Waals surface area contributed by atoms with Crippen LogP contribution < -0.4 is 15.8 Å². The average Bonchev–Trinajstić information content (AvgIpc) is 2.36. The highest BCUT2D eigenvalue weighted by Gasteiger charge is 2.13. The quantitative estimate of drug-likeness (QED) is 0.733. The largest absolute Gasteiger partial charge is 0.495 e. The van der Waals surface area contributed by atoms with Crippen LogP contribution in [0.1, 0.15) is 20.8 Å². The van der Waals surface area contributed by atoms with Gasteiger partial charge in [0.15, 0.2) is 0 Å². The monoisotopic (exact) mass is 252 g/mol. The molecule has 0 amide bonds. The van der Waals surface area contributed by atoms with E-state index < -0.39 is 0 Å². The molecule has 4 heteroatoms. The maximum absolute atomic E-state index is 5.79. The molecule has 4 nitrogen and oxygen atoms in total. The number of benzene rings is 1. The highest BCUT2D eigenvalue weighted by molar-refractivity contribution is 5.61. The molecular weight excluding hydrogens is 228 g/mol. The first-order valence-corrected chi connectivity index (χ1v) is 6.36. The highest BCUT2D eigenvalue weighted by Crippen LogP contribution is 2.26. The predicted molar refractivity (Wildman–Crippen MR) is 76.1 cm³/mol. The first-order chi connectivity index (χ1) is 8.58. The lowest BCUT2D eigenvalue weighted by molar-refractivity contribution is 0.127. The Morgan fingerprint density at radius 1 is 1.33 bits per heavy atom. The summed E-state index contributed by atoms with van der Waals surface area (Å²) in [5.41, 5.74) is 7.44. The van der Waals surface area contributed by atoms with Gasteiger partial charge in [0.25, 0.3) is 0 Å². The SMILES string of the molecule is CCOCC(Nc1ccc(N)c(OC)c1)C(C)C. The lowest BCUT2D eigenvalue weighted by Gasteiger charge is -2.23. The van der Waals surface area contributed by atoms with Crippen molar-refractivity contribution in [2.45, 2.75) is 26.8 Å². The fraction of sp³-hybridized carbons (Fsp3) is 0.571. The first kappa shape index (κ1) is 14.6. The number of nitrogens with one attached hydrogen (secondary N) is 1. The molecule has 3 N–H and O–H groups in total. The molecule has 0 heterocycles. The van der Waals surface area contributed by atoms with Gasteiger partial charge in [0.2, 0.25) is 0 Å². The minimum Gasteiger partial charge on any atom is -0.495 e. The maximum Gasteiger partial charge on any atom is 0.143 e. The number of anilines is 2. The second-order valence-corrected chi connectivity index (χ2v) is 4.61. The van der Waals surface area contributed by atoms with Gasteiger partial charge in [0, 0.05) is 18.4 Å². The van der Waals surface area contributed by atoms with Crippen LogP contribution in [0.2, 0.25) is 0 Å². The smallest absolute Gasteiger partial charge is 0.143 e. The van der Waals surface area contributed by atoms with Gasteiger partial charge in [0.1, 0.15) is 5.75 Å². The van der Waals surface area contributed by atoms with Gasteiger partial charge < -0.3 is 20.5 Å². The van der Waals surface area contributed by atoms with Crippen molar-refractivity contribution in [1.29, 1.82) is 0 Å². The van der Waals surface area contributed by atoms with E-state index in [1.54, 1.807) is 7.11 Å². The molecule has 1 aromatic rings. The Bertz CT molecular complexity index is 367. The van der Waals surface area contributed by atoms with E-state index >= 15 is 0 Å². The van der Waals surface area contributed by atoms with Gasteiger partial charge in [-0.3, -0.25) is 0 Å². The summed E-state index contributed by atoms with van der Waals surface area (Å²) in [4.78, 5) is 0. The highest BCUT2D eigenvalue weighted by atomic mass is 16.5. The zero-order valence-electron chi connectivity index (χ0n) is 11.7. The molecule has 0 aromatic heterocycles. The van der Waals surface area contributed by atoms with Crippen molar-refractivity contribution in [2.24, 2.45) is 5.92 Å². The summed E-state index contributed by atoms with van der Waals surface area (Å²) < 4.78 is 10.7. The molecule has 1 aromatic carbocycles. The number of rotatable bonds is 7. The second kappa shape index (κ2) is 7.11. The Hall–Kier alpha value is -1.42. The first-order valence-electron chi connectivity index (χ1n) is 6.36. The summed E-state index contributed by atoms with van der Waals surface area (Å²) in [5.74, 6) is 1.18. The maximum atomic E-state index is 5.79. The fourth-order valence-electron chi connectivity index (χ4n) is 1.66. The number of hydrogen-bond donors (Lipinski definition) is 2. The number of nitrogens with two attached hydrogens (primary N) is 1. The number of methoxy groups -OCH3 is 1. The minimum atomic E-state index is 0.276. The van der Waals surface area contributed by atoms with Crippen LogP contribution in [0.4, 0.5) is 11.4 Å². The van der Waals surface area contributed by atoms with Crippen LogP contribution in [-0.4, -0.2) is 26.4 Å². The van der Waals surface area contributed by atoms with Crippen LogP contribution in [0.3, 0.4) is 0 Å². The van der Waals surface area contributed by atoms with Crippen LogP contribution in [0, 0.1) is 5.92 Å². The van der Waals surface area contributed by atoms with E-state index in [1.165, 1.54) is 0 Å². The molecule has 1 rings (SSSR count). The topological polar surface area (TPSA) is 56.5 Å². The fourth-order valence-corrected chi connectivity index (χ4v) is 1.66. The van der Waals surface area contributed by atoms with Crippen molar-refractivity contribution in [3.63, 3.8) is 0 Å². The van der Waals surface area contributed by atoms with Crippen molar-refractivity contribution >= 4 is 11.4 Å². The zero-order valence-corrected chi connectivity index (χ0v) is 11.7. The van der Waals surface area contributed by atoms with Gasteiger partial charge in [-0.25, -0.2) is 0 Å².